The molecule has 1 aliphatic rings. The second-order valence-corrected chi connectivity index (χ2v) is 6.08. The second-order valence-electron chi connectivity index (χ2n) is 4.66. The van der Waals surface area contributed by atoms with Crippen LogP contribution in [-0.4, -0.2) is 16.5 Å². The average Bonchev–Trinajstić information content (AvgIpc) is 2.73. The Morgan fingerprint density at radius 1 is 1.28 bits per heavy atom. The van der Waals surface area contributed by atoms with Gasteiger partial charge in [0.05, 0.1) is 5.39 Å². The summed E-state index contributed by atoms with van der Waals surface area (Å²) in [5, 5.41) is 4.95. The molecule has 0 atom stereocenters. The van der Waals surface area contributed by atoms with Crippen molar-refractivity contribution in [2.75, 3.05) is 11.9 Å². The molecule has 3 nitrogen and oxygen atoms in total. The largest absolute Gasteiger partial charge is 0.369 e. The van der Waals surface area contributed by atoms with Gasteiger partial charge in [-0.3, -0.25) is 0 Å². The average molecular weight is 282 g/mol. The molecule has 2 aromatic heterocycles. The van der Waals surface area contributed by atoms with E-state index in [9.17, 15) is 0 Å². The predicted molar refractivity (Wildman–Crippen MR) is 77.8 cm³/mol. The van der Waals surface area contributed by atoms with Crippen molar-refractivity contribution >= 4 is 39.0 Å². The molecule has 2 aromatic rings. The zero-order valence-corrected chi connectivity index (χ0v) is 12.0. The van der Waals surface area contributed by atoms with Crippen LogP contribution in [0.15, 0.2) is 0 Å². The fraction of sp³-hybridized carbons (Fsp3) is 0.538. The normalized spacial score (nSPS) is 14.8. The van der Waals surface area contributed by atoms with Crippen molar-refractivity contribution in [1.82, 2.24) is 9.97 Å². The molecule has 96 valence electrons. The Bertz CT molecular complexity index is 579. The lowest BCUT2D eigenvalue weighted by atomic mass is 9.97. The number of thiophene rings is 1. The third-order valence-electron chi connectivity index (χ3n) is 3.33. The van der Waals surface area contributed by atoms with Crippen molar-refractivity contribution < 1.29 is 0 Å². The number of aromatic nitrogens is 2. The van der Waals surface area contributed by atoms with Crippen molar-refractivity contribution in [2.24, 2.45) is 0 Å². The minimum atomic E-state index is 0.347. The van der Waals surface area contributed by atoms with Crippen LogP contribution in [0.3, 0.4) is 0 Å². The van der Waals surface area contributed by atoms with Crippen LogP contribution in [0.4, 0.5) is 5.82 Å². The highest BCUT2D eigenvalue weighted by molar-refractivity contribution is 7.19. The summed E-state index contributed by atoms with van der Waals surface area (Å²) in [6.07, 6.45) is 5.98. The molecule has 0 amide bonds. The summed E-state index contributed by atoms with van der Waals surface area (Å²) in [4.78, 5) is 11.3. The fourth-order valence-corrected chi connectivity index (χ4v) is 3.98. The van der Waals surface area contributed by atoms with Gasteiger partial charge in [0.1, 0.15) is 10.6 Å². The fourth-order valence-electron chi connectivity index (χ4n) is 2.50. The minimum absolute atomic E-state index is 0.347. The summed E-state index contributed by atoms with van der Waals surface area (Å²) in [6.45, 7) is 3.07. The Hall–Kier alpha value is -0.870. The zero-order chi connectivity index (χ0) is 12.5. The van der Waals surface area contributed by atoms with Gasteiger partial charge in [0, 0.05) is 11.4 Å². The van der Waals surface area contributed by atoms with Crippen molar-refractivity contribution in [2.45, 2.75) is 39.0 Å². The van der Waals surface area contributed by atoms with Crippen LogP contribution in [0, 0.1) is 0 Å². The first-order valence-electron chi connectivity index (χ1n) is 6.51. The first-order chi connectivity index (χ1) is 8.79. The predicted octanol–water partition coefficient (Wildman–Crippen LogP) is 4.05. The van der Waals surface area contributed by atoms with E-state index in [1.807, 2.05) is 0 Å². The highest BCUT2D eigenvalue weighted by atomic mass is 35.5. The molecule has 1 N–H and O–H groups in total. The van der Waals surface area contributed by atoms with E-state index in [-0.39, 0.29) is 0 Å². The molecule has 18 heavy (non-hydrogen) atoms. The van der Waals surface area contributed by atoms with Gasteiger partial charge < -0.3 is 5.32 Å². The summed E-state index contributed by atoms with van der Waals surface area (Å²) in [5.41, 5.74) is 1.46. The van der Waals surface area contributed by atoms with E-state index in [0.717, 1.165) is 30.0 Å². The summed E-state index contributed by atoms with van der Waals surface area (Å²) in [6, 6.07) is 0. The quantitative estimate of drug-likeness (QED) is 0.863. The van der Waals surface area contributed by atoms with Crippen LogP contribution in [0.5, 0.6) is 0 Å². The summed E-state index contributed by atoms with van der Waals surface area (Å²) < 4.78 is 0. The van der Waals surface area contributed by atoms with Crippen molar-refractivity contribution in [3.05, 3.63) is 15.7 Å². The number of nitrogens with zero attached hydrogens (tertiary/aromatic N) is 2. The minimum Gasteiger partial charge on any atom is -0.369 e. The van der Waals surface area contributed by atoms with Gasteiger partial charge >= 0.3 is 0 Å². The van der Waals surface area contributed by atoms with Gasteiger partial charge in [-0.1, -0.05) is 6.92 Å². The van der Waals surface area contributed by atoms with E-state index >= 15 is 0 Å². The van der Waals surface area contributed by atoms with Crippen LogP contribution in [-0.2, 0) is 12.8 Å². The third-order valence-corrected chi connectivity index (χ3v) is 4.68. The summed E-state index contributed by atoms with van der Waals surface area (Å²) >= 11 is 7.80. The number of hydrogen-bond acceptors (Lipinski definition) is 4. The lowest BCUT2D eigenvalue weighted by molar-refractivity contribution is 0.700. The first-order valence-corrected chi connectivity index (χ1v) is 7.70. The molecule has 0 saturated heterocycles. The molecule has 5 heteroatoms. The van der Waals surface area contributed by atoms with Gasteiger partial charge in [0.25, 0.3) is 0 Å². The van der Waals surface area contributed by atoms with E-state index in [4.69, 9.17) is 11.6 Å². The van der Waals surface area contributed by atoms with Gasteiger partial charge in [-0.05, 0) is 49.3 Å². The molecule has 0 aliphatic heterocycles. The van der Waals surface area contributed by atoms with Crippen LogP contribution in [0.2, 0.25) is 5.28 Å². The van der Waals surface area contributed by atoms with E-state index in [1.54, 1.807) is 11.3 Å². The molecule has 0 fully saturated rings. The summed E-state index contributed by atoms with van der Waals surface area (Å²) in [7, 11) is 0. The lowest BCUT2D eigenvalue weighted by Crippen LogP contribution is -2.05. The van der Waals surface area contributed by atoms with E-state index in [1.165, 1.54) is 35.1 Å². The number of fused-ring (bicyclic) bond motifs is 3. The standard InChI is InChI=1S/C13H16ClN3S/c1-2-7-15-11-10-8-5-3-4-6-9(8)18-12(10)17-13(14)16-11/h2-7H2,1H3,(H,15,16,17). The Labute approximate surface area is 116 Å². The highest BCUT2D eigenvalue weighted by Gasteiger charge is 2.20. The van der Waals surface area contributed by atoms with Gasteiger partial charge in [-0.25, -0.2) is 9.97 Å². The van der Waals surface area contributed by atoms with Crippen LogP contribution in [0.25, 0.3) is 10.2 Å². The second kappa shape index (κ2) is 5.02. The first kappa shape index (κ1) is 12.2. The van der Waals surface area contributed by atoms with Gasteiger partial charge in [0.15, 0.2) is 0 Å². The van der Waals surface area contributed by atoms with Crippen LogP contribution < -0.4 is 5.32 Å². The maximum atomic E-state index is 6.01. The Morgan fingerprint density at radius 2 is 2.11 bits per heavy atom. The molecule has 2 heterocycles. The monoisotopic (exact) mass is 281 g/mol. The number of aryl methyl sites for hydroxylation is 2. The van der Waals surface area contributed by atoms with Crippen LogP contribution in [0.1, 0.15) is 36.6 Å². The SMILES string of the molecule is CCCNc1nc(Cl)nc2sc3c(c12)CCCC3. The molecule has 0 saturated carbocycles. The molecule has 0 radical (unpaired) electrons. The van der Waals surface area contributed by atoms with Crippen molar-refractivity contribution in [3.63, 3.8) is 0 Å². The molecule has 0 spiro atoms. The van der Waals surface area contributed by atoms with Crippen molar-refractivity contribution in [1.29, 1.82) is 0 Å². The lowest BCUT2D eigenvalue weighted by Gasteiger charge is -2.12. The number of hydrogen-bond donors (Lipinski definition) is 1. The third kappa shape index (κ3) is 2.08. The maximum Gasteiger partial charge on any atom is 0.225 e. The van der Waals surface area contributed by atoms with E-state index in [0.29, 0.717) is 5.28 Å². The van der Waals surface area contributed by atoms with Gasteiger partial charge in [-0.2, -0.15) is 0 Å². The summed E-state index contributed by atoms with van der Waals surface area (Å²) in [5.74, 6) is 0.922. The van der Waals surface area contributed by atoms with E-state index < -0.39 is 0 Å². The number of anilines is 1. The van der Waals surface area contributed by atoms with E-state index in [2.05, 4.69) is 22.2 Å². The molecule has 3 rings (SSSR count). The Balaban J connectivity index is 2.16. The van der Waals surface area contributed by atoms with Crippen molar-refractivity contribution in [3.8, 4) is 0 Å². The highest BCUT2D eigenvalue weighted by Crippen LogP contribution is 2.38. The molecule has 0 bridgehead atoms. The Kier molecular flexibility index (Phi) is 3.39. The number of halogens is 1. The molecule has 0 unspecified atom stereocenters. The van der Waals surface area contributed by atoms with Crippen LogP contribution >= 0.6 is 22.9 Å². The topological polar surface area (TPSA) is 37.8 Å². The van der Waals surface area contributed by atoms with Gasteiger partial charge in [0.2, 0.25) is 5.28 Å². The molecule has 0 aromatic carbocycles. The zero-order valence-electron chi connectivity index (χ0n) is 10.4. The van der Waals surface area contributed by atoms with Gasteiger partial charge in [-0.15, -0.1) is 11.3 Å². The molecular weight excluding hydrogens is 266 g/mol. The smallest absolute Gasteiger partial charge is 0.225 e. The molecule has 1 aliphatic carbocycles. The molecular formula is C13H16ClN3S. The number of nitrogens with one attached hydrogen (secondary N) is 1. The maximum absolute atomic E-state index is 6.01. The Morgan fingerprint density at radius 3 is 2.94 bits per heavy atom. The number of rotatable bonds is 3.